The maximum absolute atomic E-state index is 13.4. The molecule has 0 aliphatic carbocycles. The van der Waals surface area contributed by atoms with Gasteiger partial charge < -0.3 is 15.4 Å². The summed E-state index contributed by atoms with van der Waals surface area (Å²) in [5, 5.41) is 5.36. The molecule has 36 heavy (non-hydrogen) atoms. The largest absolute Gasteiger partial charge is 0.379 e. The number of imide groups is 1. The van der Waals surface area contributed by atoms with E-state index in [0.29, 0.717) is 18.4 Å². The molecule has 2 aliphatic heterocycles. The van der Waals surface area contributed by atoms with Gasteiger partial charge in [-0.05, 0) is 30.2 Å². The van der Waals surface area contributed by atoms with Gasteiger partial charge in [0.25, 0.3) is 5.91 Å². The normalized spacial score (nSPS) is 20.9. The van der Waals surface area contributed by atoms with Crippen LogP contribution in [0.5, 0.6) is 0 Å². The van der Waals surface area contributed by atoms with Crippen molar-refractivity contribution >= 4 is 45.2 Å². The highest BCUT2D eigenvalue weighted by molar-refractivity contribution is 7.89. The number of morpholine rings is 1. The molecule has 0 bridgehead atoms. The lowest BCUT2D eigenvalue weighted by molar-refractivity contribution is -0.134. The van der Waals surface area contributed by atoms with Crippen molar-refractivity contribution < 1.29 is 27.5 Å². The van der Waals surface area contributed by atoms with Crippen molar-refractivity contribution in [1.82, 2.24) is 14.5 Å². The first kappa shape index (κ1) is 26.1. The SMILES string of the molecule is CCCC1(c2ccccc2)NC(=O)N(CC(=O)Nc2ccc(Cl)c(S(=O)(=O)N3CCOCC3)c2)C1=O. The highest BCUT2D eigenvalue weighted by Crippen LogP contribution is 2.34. The molecule has 2 fully saturated rings. The van der Waals surface area contributed by atoms with E-state index < -0.39 is 40.0 Å². The van der Waals surface area contributed by atoms with E-state index >= 15 is 0 Å². The van der Waals surface area contributed by atoms with Crippen LogP contribution in [0, 0.1) is 0 Å². The van der Waals surface area contributed by atoms with E-state index in [1.807, 2.05) is 13.0 Å². The molecule has 192 valence electrons. The van der Waals surface area contributed by atoms with Crippen LogP contribution in [0.2, 0.25) is 5.02 Å². The first-order chi connectivity index (χ1) is 17.2. The molecule has 4 rings (SSSR count). The summed E-state index contributed by atoms with van der Waals surface area (Å²) in [7, 11) is -3.90. The van der Waals surface area contributed by atoms with E-state index in [-0.39, 0.29) is 41.9 Å². The predicted molar refractivity (Wildman–Crippen MR) is 133 cm³/mol. The van der Waals surface area contributed by atoms with E-state index in [1.165, 1.54) is 22.5 Å². The Bertz CT molecular complexity index is 1270. The molecule has 2 aliphatic rings. The Morgan fingerprint density at radius 2 is 1.83 bits per heavy atom. The van der Waals surface area contributed by atoms with Crippen LogP contribution < -0.4 is 10.6 Å². The Morgan fingerprint density at radius 1 is 1.14 bits per heavy atom. The number of sulfonamides is 1. The summed E-state index contributed by atoms with van der Waals surface area (Å²) in [6.45, 7) is 2.33. The van der Waals surface area contributed by atoms with Gasteiger partial charge in [0.1, 0.15) is 17.0 Å². The van der Waals surface area contributed by atoms with Crippen LogP contribution in [-0.4, -0.2) is 68.3 Å². The summed E-state index contributed by atoms with van der Waals surface area (Å²) >= 11 is 6.18. The number of carbonyl (C=O) groups excluding carboxylic acids is 3. The third kappa shape index (κ3) is 4.96. The van der Waals surface area contributed by atoms with Gasteiger partial charge in [-0.15, -0.1) is 0 Å². The third-order valence-corrected chi connectivity index (χ3v) is 8.55. The summed E-state index contributed by atoms with van der Waals surface area (Å²) in [5.74, 6) is -1.17. The molecule has 10 nitrogen and oxygen atoms in total. The summed E-state index contributed by atoms with van der Waals surface area (Å²) in [4.78, 5) is 39.7. The van der Waals surface area contributed by atoms with Crippen LogP contribution in [0.4, 0.5) is 10.5 Å². The Balaban J connectivity index is 1.51. The number of nitrogens with zero attached hydrogens (tertiary/aromatic N) is 2. The second-order valence-electron chi connectivity index (χ2n) is 8.55. The average Bonchev–Trinajstić information content (AvgIpc) is 3.11. The second kappa shape index (κ2) is 10.6. The Kier molecular flexibility index (Phi) is 7.65. The number of amides is 4. The van der Waals surface area contributed by atoms with Crippen molar-refractivity contribution in [2.24, 2.45) is 0 Å². The fourth-order valence-corrected chi connectivity index (χ4v) is 6.33. The standard InChI is InChI=1S/C24H27ClN4O6S/c1-2-10-24(17-6-4-3-5-7-17)22(31)29(23(32)27-24)16-21(30)26-18-8-9-19(25)20(15-18)36(33,34)28-11-13-35-14-12-28/h3-9,15H,2,10-14,16H2,1H3,(H,26,30)(H,27,32). The number of carbonyl (C=O) groups is 3. The minimum absolute atomic E-state index is 0.0146. The molecular weight excluding hydrogens is 508 g/mol. The zero-order chi connectivity index (χ0) is 25.9. The fourth-order valence-electron chi connectivity index (χ4n) is 4.43. The molecule has 1 atom stereocenters. The van der Waals surface area contributed by atoms with Gasteiger partial charge in [-0.3, -0.25) is 14.5 Å². The average molecular weight is 535 g/mol. The number of ether oxygens (including phenoxy) is 1. The van der Waals surface area contributed by atoms with Crippen LogP contribution in [0.15, 0.2) is 53.4 Å². The summed E-state index contributed by atoms with van der Waals surface area (Å²) in [6.07, 6.45) is 1.01. The molecule has 2 aromatic rings. The summed E-state index contributed by atoms with van der Waals surface area (Å²) < 4.78 is 32.6. The van der Waals surface area contributed by atoms with E-state index in [0.717, 1.165) is 4.90 Å². The van der Waals surface area contributed by atoms with Gasteiger partial charge in [0.15, 0.2) is 0 Å². The monoisotopic (exact) mass is 534 g/mol. The van der Waals surface area contributed by atoms with E-state index in [4.69, 9.17) is 16.3 Å². The third-order valence-electron chi connectivity index (χ3n) is 6.17. The van der Waals surface area contributed by atoms with Crippen molar-refractivity contribution in [3.05, 3.63) is 59.1 Å². The lowest BCUT2D eigenvalue weighted by atomic mass is 9.85. The summed E-state index contributed by atoms with van der Waals surface area (Å²) in [6, 6.07) is 12.3. The van der Waals surface area contributed by atoms with Gasteiger partial charge in [0, 0.05) is 18.8 Å². The van der Waals surface area contributed by atoms with E-state index in [9.17, 15) is 22.8 Å². The molecule has 2 aromatic carbocycles. The number of urea groups is 1. The number of hydrogen-bond donors (Lipinski definition) is 2. The maximum Gasteiger partial charge on any atom is 0.325 e. The molecule has 0 spiro atoms. The van der Waals surface area contributed by atoms with Gasteiger partial charge in [-0.2, -0.15) is 4.31 Å². The number of nitrogens with one attached hydrogen (secondary N) is 2. The lowest BCUT2D eigenvalue weighted by Crippen LogP contribution is -2.44. The zero-order valence-corrected chi connectivity index (χ0v) is 21.3. The molecule has 0 aromatic heterocycles. The minimum atomic E-state index is -3.90. The quantitative estimate of drug-likeness (QED) is 0.501. The van der Waals surface area contributed by atoms with Crippen LogP contribution in [0.1, 0.15) is 25.3 Å². The molecular formula is C24H27ClN4O6S. The molecule has 2 saturated heterocycles. The molecule has 2 heterocycles. The van der Waals surface area contributed by atoms with Gasteiger partial charge in [-0.1, -0.05) is 55.3 Å². The van der Waals surface area contributed by atoms with Crippen molar-refractivity contribution in [2.45, 2.75) is 30.2 Å². The maximum atomic E-state index is 13.4. The first-order valence-electron chi connectivity index (χ1n) is 11.6. The molecule has 2 N–H and O–H groups in total. The second-order valence-corrected chi connectivity index (χ2v) is 10.9. The Labute approximate surface area is 214 Å². The van der Waals surface area contributed by atoms with E-state index in [2.05, 4.69) is 10.6 Å². The first-order valence-corrected chi connectivity index (χ1v) is 13.4. The molecule has 0 saturated carbocycles. The van der Waals surface area contributed by atoms with Crippen LogP contribution in [-0.2, 0) is 29.9 Å². The van der Waals surface area contributed by atoms with Gasteiger partial charge in [0.2, 0.25) is 15.9 Å². The molecule has 4 amide bonds. The molecule has 12 heteroatoms. The number of halogens is 1. The van der Waals surface area contributed by atoms with Crippen LogP contribution in [0.25, 0.3) is 0 Å². The van der Waals surface area contributed by atoms with Crippen molar-refractivity contribution in [1.29, 1.82) is 0 Å². The van der Waals surface area contributed by atoms with Crippen molar-refractivity contribution in [3.63, 3.8) is 0 Å². The molecule has 1 unspecified atom stereocenters. The minimum Gasteiger partial charge on any atom is -0.379 e. The topological polar surface area (TPSA) is 125 Å². The van der Waals surface area contributed by atoms with Crippen LogP contribution in [0.3, 0.4) is 0 Å². The number of anilines is 1. The van der Waals surface area contributed by atoms with Gasteiger partial charge >= 0.3 is 6.03 Å². The predicted octanol–water partition coefficient (Wildman–Crippen LogP) is 2.55. The van der Waals surface area contributed by atoms with Crippen molar-refractivity contribution in [3.8, 4) is 0 Å². The van der Waals surface area contributed by atoms with Gasteiger partial charge in [-0.25, -0.2) is 13.2 Å². The number of hydrogen-bond acceptors (Lipinski definition) is 6. The fraction of sp³-hybridized carbons (Fsp3) is 0.375. The van der Waals surface area contributed by atoms with Crippen LogP contribution >= 0.6 is 11.6 Å². The zero-order valence-electron chi connectivity index (χ0n) is 19.7. The molecule has 0 radical (unpaired) electrons. The Morgan fingerprint density at radius 3 is 2.50 bits per heavy atom. The van der Waals surface area contributed by atoms with E-state index in [1.54, 1.807) is 24.3 Å². The Hall–Kier alpha value is -2.99. The van der Waals surface area contributed by atoms with Crippen molar-refractivity contribution in [2.75, 3.05) is 38.2 Å². The lowest BCUT2D eigenvalue weighted by Gasteiger charge is -2.27. The number of rotatable bonds is 8. The highest BCUT2D eigenvalue weighted by Gasteiger charge is 2.52. The smallest absolute Gasteiger partial charge is 0.325 e. The summed E-state index contributed by atoms with van der Waals surface area (Å²) in [5.41, 5.74) is -0.428. The highest BCUT2D eigenvalue weighted by atomic mass is 35.5. The number of benzene rings is 2. The van der Waals surface area contributed by atoms with Gasteiger partial charge in [0.05, 0.1) is 18.2 Å².